The summed E-state index contributed by atoms with van der Waals surface area (Å²) >= 11 is 1.49. The summed E-state index contributed by atoms with van der Waals surface area (Å²) in [5, 5.41) is 9.69. The van der Waals surface area contributed by atoms with Crippen molar-refractivity contribution in [3.63, 3.8) is 0 Å². The molecule has 2 atom stereocenters. The van der Waals surface area contributed by atoms with Crippen LogP contribution < -0.4 is 5.73 Å². The van der Waals surface area contributed by atoms with E-state index in [-0.39, 0.29) is 0 Å². The molecule has 0 bridgehead atoms. The van der Waals surface area contributed by atoms with Gasteiger partial charge in [0.1, 0.15) is 5.01 Å². The zero-order valence-corrected chi connectivity index (χ0v) is 10.9. The molecule has 0 aliphatic rings. The minimum atomic E-state index is 0.302. The van der Waals surface area contributed by atoms with E-state index in [9.17, 15) is 0 Å². The Morgan fingerprint density at radius 2 is 1.94 bits per heavy atom. The van der Waals surface area contributed by atoms with Crippen molar-refractivity contribution in [2.75, 3.05) is 5.73 Å². The zero-order valence-electron chi connectivity index (χ0n) is 10.1. The fraction of sp³-hybridized carbons (Fsp3) is 0.385. The van der Waals surface area contributed by atoms with Crippen LogP contribution in [-0.2, 0) is 0 Å². The highest BCUT2D eigenvalue weighted by Gasteiger charge is 2.23. The van der Waals surface area contributed by atoms with Crippen LogP contribution in [0.2, 0.25) is 0 Å². The van der Waals surface area contributed by atoms with Crippen molar-refractivity contribution in [2.24, 2.45) is 5.92 Å². The lowest BCUT2D eigenvalue weighted by Crippen LogP contribution is -2.10. The smallest absolute Gasteiger partial charge is 0.203 e. The van der Waals surface area contributed by atoms with E-state index in [4.69, 9.17) is 5.73 Å². The average Bonchev–Trinajstić information content (AvgIpc) is 2.77. The van der Waals surface area contributed by atoms with Crippen molar-refractivity contribution in [3.8, 4) is 0 Å². The predicted octanol–water partition coefficient (Wildman–Crippen LogP) is 3.30. The molecule has 0 fully saturated rings. The van der Waals surface area contributed by atoms with Gasteiger partial charge >= 0.3 is 0 Å². The molecule has 1 aromatic carbocycles. The van der Waals surface area contributed by atoms with Crippen molar-refractivity contribution in [1.29, 1.82) is 0 Å². The first-order valence-corrected chi connectivity index (χ1v) is 6.67. The van der Waals surface area contributed by atoms with Gasteiger partial charge in [0.2, 0.25) is 5.13 Å². The van der Waals surface area contributed by atoms with Crippen LogP contribution in [0.4, 0.5) is 5.13 Å². The maximum Gasteiger partial charge on any atom is 0.203 e. The van der Waals surface area contributed by atoms with E-state index in [1.165, 1.54) is 16.9 Å². The molecule has 0 spiro atoms. The Hall–Kier alpha value is -1.42. The molecule has 3 nitrogen and oxygen atoms in total. The summed E-state index contributed by atoms with van der Waals surface area (Å²) < 4.78 is 0. The number of anilines is 1. The second-order valence-corrected chi connectivity index (χ2v) is 5.29. The molecule has 0 amide bonds. The molecule has 0 saturated carbocycles. The molecule has 0 saturated heterocycles. The summed E-state index contributed by atoms with van der Waals surface area (Å²) in [5.74, 6) is 0.834. The first-order chi connectivity index (χ1) is 8.22. The average molecular weight is 247 g/mol. The largest absolute Gasteiger partial charge is 0.374 e. The van der Waals surface area contributed by atoms with Crippen LogP contribution in [0, 0.1) is 5.92 Å². The summed E-state index contributed by atoms with van der Waals surface area (Å²) in [6.07, 6.45) is 1.11. The molecule has 1 aromatic heterocycles. The Morgan fingerprint density at radius 1 is 1.24 bits per heavy atom. The predicted molar refractivity (Wildman–Crippen MR) is 72.1 cm³/mol. The lowest BCUT2D eigenvalue weighted by atomic mass is 9.86. The monoisotopic (exact) mass is 247 g/mol. The van der Waals surface area contributed by atoms with Gasteiger partial charge in [-0.05, 0) is 11.5 Å². The Balaban J connectivity index is 2.39. The van der Waals surface area contributed by atoms with Crippen molar-refractivity contribution in [3.05, 3.63) is 40.9 Å². The van der Waals surface area contributed by atoms with E-state index in [0.717, 1.165) is 11.4 Å². The van der Waals surface area contributed by atoms with Crippen molar-refractivity contribution < 1.29 is 0 Å². The first-order valence-electron chi connectivity index (χ1n) is 5.86. The maximum atomic E-state index is 5.68. The van der Waals surface area contributed by atoms with Crippen LogP contribution in [0.5, 0.6) is 0 Å². The fourth-order valence-corrected chi connectivity index (χ4v) is 2.86. The molecule has 2 unspecified atom stereocenters. The first kappa shape index (κ1) is 12.0. The topological polar surface area (TPSA) is 51.8 Å². The highest BCUT2D eigenvalue weighted by atomic mass is 32.1. The molecule has 2 rings (SSSR count). The van der Waals surface area contributed by atoms with Crippen molar-refractivity contribution >= 4 is 16.5 Å². The normalized spacial score (nSPS) is 14.5. The van der Waals surface area contributed by atoms with E-state index in [1.807, 2.05) is 6.07 Å². The lowest BCUT2D eigenvalue weighted by Gasteiger charge is -2.20. The third kappa shape index (κ3) is 2.64. The van der Waals surface area contributed by atoms with Gasteiger partial charge in [0.05, 0.1) is 0 Å². The molecular weight excluding hydrogens is 230 g/mol. The quantitative estimate of drug-likeness (QED) is 0.902. The molecule has 2 N–H and O–H groups in total. The number of nitrogens with two attached hydrogens (primary N) is 1. The van der Waals surface area contributed by atoms with Crippen LogP contribution in [0.1, 0.15) is 36.8 Å². The van der Waals surface area contributed by atoms with Crippen molar-refractivity contribution in [1.82, 2.24) is 10.2 Å². The summed E-state index contributed by atoms with van der Waals surface area (Å²) in [6.45, 7) is 4.44. The van der Waals surface area contributed by atoms with E-state index >= 15 is 0 Å². The summed E-state index contributed by atoms with van der Waals surface area (Å²) in [6, 6.07) is 10.5. The van der Waals surface area contributed by atoms with Gasteiger partial charge in [-0.25, -0.2) is 0 Å². The van der Waals surface area contributed by atoms with Gasteiger partial charge in [0.15, 0.2) is 0 Å². The Morgan fingerprint density at radius 3 is 2.47 bits per heavy atom. The molecule has 4 heteroatoms. The van der Waals surface area contributed by atoms with Gasteiger partial charge in [-0.2, -0.15) is 0 Å². The standard InChI is InChI=1S/C13H17N3S/c1-3-9(2)11(10-7-5-4-6-8-10)12-15-16-13(14)17-12/h4-9,11H,3H2,1-2H3,(H2,14,16). The molecule has 0 aliphatic heterocycles. The van der Waals surface area contributed by atoms with Crippen LogP contribution in [0.15, 0.2) is 30.3 Å². The minimum Gasteiger partial charge on any atom is -0.374 e. The zero-order chi connectivity index (χ0) is 12.3. The van der Waals surface area contributed by atoms with Gasteiger partial charge in [-0.3, -0.25) is 0 Å². The minimum absolute atomic E-state index is 0.302. The molecule has 0 radical (unpaired) electrons. The number of benzene rings is 1. The molecule has 0 aliphatic carbocycles. The number of aromatic nitrogens is 2. The summed E-state index contributed by atoms with van der Waals surface area (Å²) in [7, 11) is 0. The number of rotatable bonds is 4. The van der Waals surface area contributed by atoms with Crippen LogP contribution in [0.3, 0.4) is 0 Å². The van der Waals surface area contributed by atoms with Gasteiger partial charge in [0, 0.05) is 5.92 Å². The Labute approximate surface area is 106 Å². The molecule has 2 aromatic rings. The van der Waals surface area contributed by atoms with Gasteiger partial charge in [0.25, 0.3) is 0 Å². The van der Waals surface area contributed by atoms with Gasteiger partial charge < -0.3 is 5.73 Å². The molecular formula is C13H17N3S. The van der Waals surface area contributed by atoms with E-state index in [2.05, 4.69) is 48.3 Å². The highest BCUT2D eigenvalue weighted by molar-refractivity contribution is 7.15. The maximum absolute atomic E-state index is 5.68. The second kappa shape index (κ2) is 5.27. The van der Waals surface area contributed by atoms with Crippen molar-refractivity contribution in [2.45, 2.75) is 26.2 Å². The molecule has 90 valence electrons. The van der Waals surface area contributed by atoms with E-state index < -0.39 is 0 Å². The highest BCUT2D eigenvalue weighted by Crippen LogP contribution is 2.35. The SMILES string of the molecule is CCC(C)C(c1ccccc1)c1nnc(N)s1. The van der Waals surface area contributed by atoms with Crippen LogP contribution >= 0.6 is 11.3 Å². The van der Waals surface area contributed by atoms with Crippen LogP contribution in [-0.4, -0.2) is 10.2 Å². The van der Waals surface area contributed by atoms with E-state index in [0.29, 0.717) is 17.0 Å². The number of nitrogen functional groups attached to an aromatic ring is 1. The number of hydrogen-bond donors (Lipinski definition) is 1. The second-order valence-electron chi connectivity index (χ2n) is 4.25. The Bertz CT molecular complexity index is 467. The Kier molecular flexibility index (Phi) is 3.74. The van der Waals surface area contributed by atoms with Gasteiger partial charge in [-0.15, -0.1) is 10.2 Å². The number of hydrogen-bond acceptors (Lipinski definition) is 4. The summed E-state index contributed by atoms with van der Waals surface area (Å²) in [4.78, 5) is 0. The van der Waals surface area contributed by atoms with Gasteiger partial charge in [-0.1, -0.05) is 61.9 Å². The third-order valence-electron chi connectivity index (χ3n) is 3.09. The lowest BCUT2D eigenvalue weighted by molar-refractivity contribution is 0.492. The molecule has 17 heavy (non-hydrogen) atoms. The van der Waals surface area contributed by atoms with E-state index in [1.54, 1.807) is 0 Å². The number of nitrogens with zero attached hydrogens (tertiary/aromatic N) is 2. The third-order valence-corrected chi connectivity index (χ3v) is 3.93. The molecule has 1 heterocycles. The summed E-state index contributed by atoms with van der Waals surface area (Å²) in [5.41, 5.74) is 6.97. The fourth-order valence-electron chi connectivity index (χ4n) is 1.98. The van der Waals surface area contributed by atoms with Crippen LogP contribution in [0.25, 0.3) is 0 Å².